The third kappa shape index (κ3) is 1.76. The molecule has 6 heteroatoms. The van der Waals surface area contributed by atoms with Crippen LogP contribution in [0.3, 0.4) is 0 Å². The van der Waals surface area contributed by atoms with Gasteiger partial charge in [0.2, 0.25) is 0 Å². The van der Waals surface area contributed by atoms with Gasteiger partial charge in [-0.25, -0.2) is 9.59 Å². The lowest BCUT2D eigenvalue weighted by atomic mass is 9.92. The first-order valence-electron chi connectivity index (χ1n) is 5.13. The van der Waals surface area contributed by atoms with E-state index in [4.69, 9.17) is 10.2 Å². The van der Waals surface area contributed by atoms with E-state index < -0.39 is 12.1 Å². The van der Waals surface area contributed by atoms with Crippen LogP contribution in [0.2, 0.25) is 0 Å². The minimum atomic E-state index is -0.969. The number of hydrogen-bond donors (Lipinski definition) is 2. The van der Waals surface area contributed by atoms with Gasteiger partial charge in [-0.05, 0) is 7.05 Å². The molecular weight excluding hydrogens is 212 g/mol. The summed E-state index contributed by atoms with van der Waals surface area (Å²) < 4.78 is 0. The second kappa shape index (κ2) is 3.79. The minimum absolute atomic E-state index is 0.239. The molecule has 0 aromatic heterocycles. The summed E-state index contributed by atoms with van der Waals surface area (Å²) in [5.74, 6) is -0.940. The number of amides is 1. The molecule has 1 fully saturated rings. The molecule has 2 heterocycles. The molecule has 16 heavy (non-hydrogen) atoms. The van der Waals surface area contributed by atoms with Crippen molar-refractivity contribution >= 4 is 12.1 Å². The summed E-state index contributed by atoms with van der Waals surface area (Å²) in [6, 6.07) is -0.571. The molecule has 6 nitrogen and oxygen atoms in total. The fraction of sp³-hybridized carbons (Fsp3) is 0.600. The van der Waals surface area contributed by atoms with Gasteiger partial charge < -0.3 is 15.1 Å². The molecule has 0 unspecified atom stereocenters. The zero-order chi connectivity index (χ0) is 11.9. The van der Waals surface area contributed by atoms with E-state index in [2.05, 4.69) is 0 Å². The molecule has 2 bridgehead atoms. The first kappa shape index (κ1) is 10.9. The number of rotatable bonds is 1. The van der Waals surface area contributed by atoms with Gasteiger partial charge in [-0.3, -0.25) is 4.90 Å². The van der Waals surface area contributed by atoms with Crippen molar-refractivity contribution in [1.29, 1.82) is 0 Å². The Bertz CT molecular complexity index is 366. The van der Waals surface area contributed by atoms with Gasteiger partial charge in [0.1, 0.15) is 0 Å². The summed E-state index contributed by atoms with van der Waals surface area (Å²) in [6.45, 7) is 1.15. The minimum Gasteiger partial charge on any atom is -0.478 e. The van der Waals surface area contributed by atoms with Crippen LogP contribution in [-0.4, -0.2) is 64.3 Å². The lowest BCUT2D eigenvalue weighted by Gasteiger charge is -2.46. The van der Waals surface area contributed by atoms with E-state index in [0.717, 1.165) is 0 Å². The highest BCUT2D eigenvalue weighted by Crippen LogP contribution is 2.27. The molecule has 88 valence electrons. The monoisotopic (exact) mass is 226 g/mol. The summed E-state index contributed by atoms with van der Waals surface area (Å²) in [6.07, 6.45) is 0.884. The van der Waals surface area contributed by atoms with E-state index in [1.165, 1.54) is 4.90 Å². The summed E-state index contributed by atoms with van der Waals surface area (Å²) in [5.41, 5.74) is 0.334. The quantitative estimate of drug-likeness (QED) is 0.661. The highest BCUT2D eigenvalue weighted by molar-refractivity contribution is 5.87. The van der Waals surface area contributed by atoms with E-state index in [1.54, 1.807) is 6.08 Å². The molecule has 0 saturated carbocycles. The zero-order valence-corrected chi connectivity index (χ0v) is 8.96. The van der Waals surface area contributed by atoms with Gasteiger partial charge in [-0.2, -0.15) is 0 Å². The van der Waals surface area contributed by atoms with Crippen molar-refractivity contribution in [3.63, 3.8) is 0 Å². The van der Waals surface area contributed by atoms with Gasteiger partial charge in [0.05, 0.1) is 12.1 Å². The average molecular weight is 226 g/mol. The Balaban J connectivity index is 2.30. The third-order valence-corrected chi connectivity index (χ3v) is 3.12. The predicted octanol–water partition coefficient (Wildman–Crippen LogP) is 0.0637. The number of fused-ring (bicyclic) bond motifs is 2. The Morgan fingerprint density at radius 2 is 2.06 bits per heavy atom. The lowest BCUT2D eigenvalue weighted by molar-refractivity contribution is -0.133. The summed E-state index contributed by atoms with van der Waals surface area (Å²) in [7, 11) is 1.92. The van der Waals surface area contributed by atoms with E-state index >= 15 is 0 Å². The molecule has 0 spiro atoms. The third-order valence-electron chi connectivity index (χ3n) is 3.12. The van der Waals surface area contributed by atoms with Crippen LogP contribution >= 0.6 is 0 Å². The number of aliphatic carboxylic acids is 1. The normalized spacial score (nSPS) is 29.8. The smallest absolute Gasteiger partial charge is 0.408 e. The van der Waals surface area contributed by atoms with Gasteiger partial charge >= 0.3 is 12.1 Å². The standard InChI is InChI=1S/C10H14N2O4/c1-11-4-7-2-6(9(13)14)3-8(5-11)12(7)10(15)16/h2,7-8H,3-5H2,1H3,(H,13,14)(H,15,16)/t7-,8+/m0/s1. The van der Waals surface area contributed by atoms with Gasteiger partial charge in [0.15, 0.2) is 0 Å². The zero-order valence-electron chi connectivity index (χ0n) is 8.96. The fourth-order valence-electron chi connectivity index (χ4n) is 2.51. The van der Waals surface area contributed by atoms with Gasteiger partial charge in [0.25, 0.3) is 0 Å². The molecule has 0 aromatic carbocycles. The van der Waals surface area contributed by atoms with Crippen molar-refractivity contribution in [3.8, 4) is 0 Å². The number of carbonyl (C=O) groups is 2. The van der Waals surface area contributed by atoms with Crippen LogP contribution in [-0.2, 0) is 4.79 Å². The SMILES string of the molecule is CN1C[C@H]2CC(C(=O)O)=C[C@@H](C1)N2C(=O)O. The fourth-order valence-corrected chi connectivity index (χ4v) is 2.51. The van der Waals surface area contributed by atoms with E-state index in [-0.39, 0.29) is 12.1 Å². The topological polar surface area (TPSA) is 81.1 Å². The number of carboxylic acids is 1. The van der Waals surface area contributed by atoms with Gasteiger partial charge in [-0.1, -0.05) is 6.08 Å². The Labute approximate surface area is 92.8 Å². The average Bonchev–Trinajstić information content (AvgIpc) is 2.14. The second-order valence-corrected chi connectivity index (χ2v) is 4.33. The van der Waals surface area contributed by atoms with Gasteiger partial charge in [0, 0.05) is 25.1 Å². The van der Waals surface area contributed by atoms with Crippen LogP contribution < -0.4 is 0 Å². The molecule has 1 saturated heterocycles. The first-order valence-corrected chi connectivity index (χ1v) is 5.13. The number of hydrogen-bond acceptors (Lipinski definition) is 3. The number of nitrogens with zero attached hydrogens (tertiary/aromatic N) is 2. The molecule has 2 rings (SSSR count). The van der Waals surface area contributed by atoms with Crippen molar-refractivity contribution in [3.05, 3.63) is 11.6 Å². The second-order valence-electron chi connectivity index (χ2n) is 4.33. The Morgan fingerprint density at radius 1 is 1.38 bits per heavy atom. The van der Waals surface area contributed by atoms with Crippen molar-refractivity contribution in [2.24, 2.45) is 0 Å². The van der Waals surface area contributed by atoms with Crippen LogP contribution in [0.1, 0.15) is 6.42 Å². The van der Waals surface area contributed by atoms with E-state index in [1.807, 2.05) is 11.9 Å². The Hall–Kier alpha value is -1.56. The Morgan fingerprint density at radius 3 is 2.56 bits per heavy atom. The summed E-state index contributed by atoms with van der Waals surface area (Å²) in [4.78, 5) is 25.4. The first-order chi connectivity index (χ1) is 7.49. The maximum atomic E-state index is 11.1. The largest absolute Gasteiger partial charge is 0.478 e. The van der Waals surface area contributed by atoms with Crippen molar-refractivity contribution in [2.75, 3.05) is 20.1 Å². The van der Waals surface area contributed by atoms with Crippen LogP contribution in [0.25, 0.3) is 0 Å². The molecule has 0 aliphatic carbocycles. The van der Waals surface area contributed by atoms with E-state index in [0.29, 0.717) is 25.1 Å². The molecule has 2 N–H and O–H groups in total. The molecule has 0 aromatic rings. The van der Waals surface area contributed by atoms with Crippen LogP contribution in [0.4, 0.5) is 4.79 Å². The van der Waals surface area contributed by atoms with Crippen LogP contribution in [0.5, 0.6) is 0 Å². The van der Waals surface area contributed by atoms with Gasteiger partial charge in [-0.15, -0.1) is 0 Å². The van der Waals surface area contributed by atoms with Crippen molar-refractivity contribution in [2.45, 2.75) is 18.5 Å². The predicted molar refractivity (Wildman–Crippen MR) is 55.3 cm³/mol. The molecular formula is C10H14N2O4. The number of carboxylic acid groups (broad SMARTS) is 2. The highest BCUT2D eigenvalue weighted by Gasteiger charge is 2.40. The summed E-state index contributed by atoms with van der Waals surface area (Å²) in [5, 5.41) is 18.0. The molecule has 2 atom stereocenters. The highest BCUT2D eigenvalue weighted by atomic mass is 16.4. The molecule has 2 aliphatic heterocycles. The van der Waals surface area contributed by atoms with E-state index in [9.17, 15) is 9.59 Å². The van der Waals surface area contributed by atoms with Crippen LogP contribution in [0, 0.1) is 0 Å². The summed E-state index contributed by atoms with van der Waals surface area (Å²) >= 11 is 0. The maximum absolute atomic E-state index is 11.1. The molecule has 2 aliphatic rings. The molecule has 1 amide bonds. The van der Waals surface area contributed by atoms with Crippen LogP contribution in [0.15, 0.2) is 11.6 Å². The van der Waals surface area contributed by atoms with Crippen molar-refractivity contribution < 1.29 is 19.8 Å². The lowest BCUT2D eigenvalue weighted by Crippen LogP contribution is -2.60. The van der Waals surface area contributed by atoms with Crippen molar-refractivity contribution in [1.82, 2.24) is 9.80 Å². The Kier molecular flexibility index (Phi) is 2.59. The number of likely N-dealkylation sites (N-methyl/N-ethyl adjacent to an activating group) is 1. The molecule has 0 radical (unpaired) electrons. The number of piperazine rings is 1. The maximum Gasteiger partial charge on any atom is 0.408 e.